The van der Waals surface area contributed by atoms with Gasteiger partial charge in [0.05, 0.1) is 25.2 Å². The minimum atomic E-state index is -0.654. The monoisotopic (exact) mass is 606 g/mol. The van der Waals surface area contributed by atoms with E-state index >= 15 is 0 Å². The normalized spacial score (nSPS) is 12.0. The number of hydrogen-bond acceptors (Lipinski definition) is 5. The third-order valence-electron chi connectivity index (χ3n) is 8.66. The zero-order valence-electron chi connectivity index (χ0n) is 28.3. The van der Waals surface area contributed by atoms with Gasteiger partial charge in [-0.15, -0.1) is 0 Å². The maximum Gasteiger partial charge on any atom is 0.513 e. The summed E-state index contributed by atoms with van der Waals surface area (Å²) in [4.78, 5) is 13.2. The van der Waals surface area contributed by atoms with Gasteiger partial charge in [0.2, 0.25) is 0 Å². The Morgan fingerprint density at radius 3 is 1.82 bits per heavy atom. The van der Waals surface area contributed by atoms with Crippen molar-refractivity contribution in [1.29, 1.82) is 0 Å². The molecule has 0 bridgehead atoms. The molecule has 0 fully saturated rings. The van der Waals surface area contributed by atoms with E-state index in [1.165, 1.54) is 38.5 Å². The van der Waals surface area contributed by atoms with E-state index < -0.39 is 6.16 Å². The first-order valence-electron chi connectivity index (χ1n) is 17.7. The molecule has 0 aromatic heterocycles. The minimum absolute atomic E-state index is 0.341. The molecule has 44 heavy (non-hydrogen) atoms. The lowest BCUT2D eigenvalue weighted by Gasteiger charge is -2.21. The lowest BCUT2D eigenvalue weighted by Crippen LogP contribution is -2.17. The van der Waals surface area contributed by atoms with Crippen molar-refractivity contribution < 1.29 is 23.7 Å². The molecule has 1 atom stereocenters. The van der Waals surface area contributed by atoms with Crippen LogP contribution < -0.4 is 14.2 Å². The van der Waals surface area contributed by atoms with Crippen molar-refractivity contribution in [3.63, 3.8) is 0 Å². The first kappa shape index (κ1) is 35.5. The van der Waals surface area contributed by atoms with Crippen LogP contribution in [0.5, 0.6) is 17.2 Å². The van der Waals surface area contributed by atoms with Crippen molar-refractivity contribution in [3.8, 4) is 17.2 Å². The number of ether oxygens (including phenoxy) is 4. The van der Waals surface area contributed by atoms with Gasteiger partial charge >= 0.3 is 6.16 Å². The van der Waals surface area contributed by atoms with Crippen molar-refractivity contribution in [1.82, 2.24) is 0 Å². The van der Waals surface area contributed by atoms with Crippen LogP contribution in [0.4, 0.5) is 4.79 Å². The molecule has 0 heterocycles. The van der Waals surface area contributed by atoms with Gasteiger partial charge in [0.25, 0.3) is 0 Å². The average molecular weight is 607 g/mol. The van der Waals surface area contributed by atoms with Gasteiger partial charge in [0.1, 0.15) is 17.2 Å². The topological polar surface area (TPSA) is 54.0 Å². The molecule has 0 saturated carbocycles. The fourth-order valence-corrected chi connectivity index (χ4v) is 5.86. The maximum atomic E-state index is 13.2. The SMILES string of the molecule is CCCCCCCOc1c2ccccc2c(OCCCCCCC)c2c(OC(=O)OCC(CC)CCCC)c(CC)ccc12. The van der Waals surface area contributed by atoms with Gasteiger partial charge in [-0.25, -0.2) is 4.79 Å². The van der Waals surface area contributed by atoms with Crippen LogP contribution in [-0.4, -0.2) is 26.0 Å². The molecule has 0 saturated heterocycles. The minimum Gasteiger partial charge on any atom is -0.492 e. The molecule has 244 valence electrons. The summed E-state index contributed by atoms with van der Waals surface area (Å²) in [5.74, 6) is 2.45. The molecule has 0 radical (unpaired) electrons. The lowest BCUT2D eigenvalue weighted by molar-refractivity contribution is 0.0813. The first-order valence-corrected chi connectivity index (χ1v) is 17.7. The Morgan fingerprint density at radius 1 is 0.636 bits per heavy atom. The highest BCUT2D eigenvalue weighted by Crippen LogP contribution is 2.48. The third-order valence-corrected chi connectivity index (χ3v) is 8.66. The van der Waals surface area contributed by atoms with Crippen LogP contribution in [0.25, 0.3) is 21.5 Å². The number of rotatable bonds is 22. The van der Waals surface area contributed by atoms with Crippen LogP contribution in [0.3, 0.4) is 0 Å². The van der Waals surface area contributed by atoms with Crippen LogP contribution in [0, 0.1) is 5.92 Å². The molecule has 0 aliphatic heterocycles. The van der Waals surface area contributed by atoms with E-state index in [0.29, 0.717) is 37.9 Å². The van der Waals surface area contributed by atoms with Gasteiger partial charge in [-0.05, 0) is 43.2 Å². The summed E-state index contributed by atoms with van der Waals surface area (Å²) in [7, 11) is 0. The summed E-state index contributed by atoms with van der Waals surface area (Å²) >= 11 is 0. The van der Waals surface area contributed by atoms with E-state index in [2.05, 4.69) is 65.0 Å². The fourth-order valence-electron chi connectivity index (χ4n) is 5.86. The van der Waals surface area contributed by atoms with Gasteiger partial charge in [-0.3, -0.25) is 0 Å². The molecule has 3 aromatic rings. The van der Waals surface area contributed by atoms with E-state index in [4.69, 9.17) is 18.9 Å². The van der Waals surface area contributed by atoms with Crippen molar-refractivity contribution in [2.75, 3.05) is 19.8 Å². The van der Waals surface area contributed by atoms with Crippen molar-refractivity contribution in [3.05, 3.63) is 42.0 Å². The fraction of sp³-hybridized carbons (Fsp3) is 0.615. The van der Waals surface area contributed by atoms with Crippen molar-refractivity contribution >= 4 is 27.7 Å². The maximum absolute atomic E-state index is 13.2. The molecule has 5 heteroatoms. The first-order chi connectivity index (χ1) is 21.6. The van der Waals surface area contributed by atoms with Crippen molar-refractivity contribution in [2.45, 2.75) is 131 Å². The summed E-state index contributed by atoms with van der Waals surface area (Å²) in [6, 6.07) is 12.5. The number of unbranched alkanes of at least 4 members (excludes halogenated alkanes) is 9. The summed E-state index contributed by atoms with van der Waals surface area (Å²) < 4.78 is 25.0. The van der Waals surface area contributed by atoms with E-state index in [1.807, 2.05) is 6.07 Å². The molecule has 0 aliphatic carbocycles. The zero-order valence-corrected chi connectivity index (χ0v) is 28.3. The quantitative estimate of drug-likeness (QED) is 0.0493. The summed E-state index contributed by atoms with van der Waals surface area (Å²) in [6.07, 6.45) is 16.0. The molecule has 3 aromatic carbocycles. The van der Waals surface area contributed by atoms with Gasteiger partial charge in [0, 0.05) is 16.2 Å². The Balaban J connectivity index is 2.03. The Hall–Kier alpha value is -2.95. The molecule has 3 rings (SSSR count). The van der Waals surface area contributed by atoms with Gasteiger partial charge < -0.3 is 18.9 Å². The second-order valence-electron chi connectivity index (χ2n) is 12.1. The highest BCUT2D eigenvalue weighted by atomic mass is 16.7. The highest BCUT2D eigenvalue weighted by molar-refractivity contribution is 6.13. The molecular formula is C39H58O5. The van der Waals surface area contributed by atoms with Crippen LogP contribution in [0.1, 0.15) is 130 Å². The summed E-state index contributed by atoms with van der Waals surface area (Å²) in [5, 5.41) is 3.71. The van der Waals surface area contributed by atoms with E-state index in [-0.39, 0.29) is 0 Å². The number of carbonyl (C=O) groups is 1. The standard InChI is InChI=1S/C39H58O5/c1-6-11-14-16-20-27-41-37-32-23-18-19-24-33(32)38(42-28-21-17-15-12-7-2)35-34(37)26-25-31(10-5)36(35)44-39(40)43-29-30(9-4)22-13-8-3/h18-19,23-26,30H,6-17,20-22,27-29H2,1-5H3. The smallest absolute Gasteiger partial charge is 0.492 e. The Labute approximate surface area is 267 Å². The van der Waals surface area contributed by atoms with E-state index in [0.717, 1.165) is 90.0 Å². The van der Waals surface area contributed by atoms with E-state index in [9.17, 15) is 4.79 Å². The number of carbonyl (C=O) groups excluding carboxylic acids is 1. The molecule has 1 unspecified atom stereocenters. The van der Waals surface area contributed by atoms with Gasteiger partial charge in [0.15, 0.2) is 0 Å². The predicted octanol–water partition coefficient (Wildman–Crippen LogP) is 12.0. The average Bonchev–Trinajstić information content (AvgIpc) is 3.04. The predicted molar refractivity (Wildman–Crippen MR) is 185 cm³/mol. The van der Waals surface area contributed by atoms with Crippen LogP contribution in [-0.2, 0) is 11.2 Å². The summed E-state index contributed by atoms with van der Waals surface area (Å²) in [6.45, 7) is 12.5. The van der Waals surface area contributed by atoms with Crippen LogP contribution >= 0.6 is 0 Å². The number of fused-ring (bicyclic) bond motifs is 2. The Bertz CT molecular complexity index is 1270. The highest BCUT2D eigenvalue weighted by Gasteiger charge is 2.24. The molecule has 0 amide bonds. The number of aryl methyl sites for hydroxylation is 1. The molecular weight excluding hydrogens is 548 g/mol. The Kier molecular flexibility index (Phi) is 16.3. The number of hydrogen-bond donors (Lipinski definition) is 0. The second kappa shape index (κ2) is 20.2. The second-order valence-corrected chi connectivity index (χ2v) is 12.1. The molecule has 0 aliphatic rings. The Morgan fingerprint density at radius 2 is 1.23 bits per heavy atom. The lowest BCUT2D eigenvalue weighted by atomic mass is 9.96. The molecule has 5 nitrogen and oxygen atoms in total. The third kappa shape index (κ3) is 10.3. The largest absolute Gasteiger partial charge is 0.513 e. The van der Waals surface area contributed by atoms with Gasteiger partial charge in [-0.2, -0.15) is 0 Å². The van der Waals surface area contributed by atoms with Crippen LogP contribution in [0.2, 0.25) is 0 Å². The molecule has 0 N–H and O–H groups in total. The van der Waals surface area contributed by atoms with Gasteiger partial charge in [-0.1, -0.05) is 136 Å². The zero-order chi connectivity index (χ0) is 31.6. The number of benzene rings is 3. The van der Waals surface area contributed by atoms with Crippen molar-refractivity contribution in [2.24, 2.45) is 5.92 Å². The van der Waals surface area contributed by atoms with E-state index in [1.54, 1.807) is 0 Å². The van der Waals surface area contributed by atoms with Crippen LogP contribution in [0.15, 0.2) is 36.4 Å². The molecule has 0 spiro atoms. The summed E-state index contributed by atoms with van der Waals surface area (Å²) in [5.41, 5.74) is 0.945.